The van der Waals surface area contributed by atoms with Crippen LogP contribution >= 0.6 is 0 Å². The summed E-state index contributed by atoms with van der Waals surface area (Å²) >= 11 is 0. The van der Waals surface area contributed by atoms with Crippen LogP contribution in [0.1, 0.15) is 12.8 Å². The highest BCUT2D eigenvalue weighted by Crippen LogP contribution is 2.02. The molecule has 0 rings (SSSR count). The van der Waals surface area contributed by atoms with Crippen molar-refractivity contribution in [3.8, 4) is 0 Å². The molecule has 0 aromatic heterocycles. The van der Waals surface area contributed by atoms with Gasteiger partial charge in [-0.3, -0.25) is 4.79 Å². The smallest absolute Gasteiger partial charge is 0.244 e. The van der Waals surface area contributed by atoms with E-state index in [1.807, 2.05) is 0 Å². The van der Waals surface area contributed by atoms with Crippen LogP contribution in [0.15, 0.2) is 11.6 Å². The van der Waals surface area contributed by atoms with E-state index in [0.717, 1.165) is 0 Å². The highest BCUT2D eigenvalue weighted by atomic mass is 16.5. The lowest BCUT2D eigenvalue weighted by atomic mass is 10.1. The molecule has 0 aromatic carbocycles. The van der Waals surface area contributed by atoms with Crippen molar-refractivity contribution in [1.29, 1.82) is 0 Å². The molecular formula is C9H17NO3. The van der Waals surface area contributed by atoms with Crippen LogP contribution in [0.2, 0.25) is 0 Å². The van der Waals surface area contributed by atoms with E-state index >= 15 is 0 Å². The Morgan fingerprint density at radius 1 is 1.31 bits per heavy atom. The first-order valence-corrected chi connectivity index (χ1v) is 4.19. The van der Waals surface area contributed by atoms with Crippen LogP contribution in [-0.2, 0) is 14.3 Å². The van der Waals surface area contributed by atoms with Crippen LogP contribution in [0.5, 0.6) is 0 Å². The van der Waals surface area contributed by atoms with Crippen molar-refractivity contribution in [2.75, 3.05) is 27.4 Å². The third-order valence-corrected chi connectivity index (χ3v) is 1.60. The Hall–Kier alpha value is -0.870. The highest BCUT2D eigenvalue weighted by molar-refractivity contribution is 5.91. The summed E-state index contributed by atoms with van der Waals surface area (Å²) in [6.45, 7) is 1.12. The van der Waals surface area contributed by atoms with Crippen LogP contribution in [0.4, 0.5) is 0 Å². The highest BCUT2D eigenvalue weighted by Gasteiger charge is 2.03. The normalized spacial score (nSPS) is 11.7. The molecule has 0 saturated carbocycles. The maximum Gasteiger partial charge on any atom is 0.244 e. The molecule has 0 aromatic rings. The lowest BCUT2D eigenvalue weighted by Gasteiger charge is -2.02. The predicted octanol–water partition coefficient (Wildman–Crippen LogP) is 0.471. The number of hydrogen-bond acceptors (Lipinski definition) is 3. The van der Waals surface area contributed by atoms with Gasteiger partial charge < -0.3 is 15.2 Å². The van der Waals surface area contributed by atoms with E-state index < -0.39 is 0 Å². The zero-order valence-electron chi connectivity index (χ0n) is 8.21. The molecule has 0 aliphatic heterocycles. The van der Waals surface area contributed by atoms with Gasteiger partial charge >= 0.3 is 0 Å². The van der Waals surface area contributed by atoms with Crippen LogP contribution in [-0.4, -0.2) is 33.3 Å². The fraction of sp³-hybridized carbons (Fsp3) is 0.667. The van der Waals surface area contributed by atoms with Gasteiger partial charge in [-0.15, -0.1) is 0 Å². The summed E-state index contributed by atoms with van der Waals surface area (Å²) in [7, 11) is 3.21. The molecule has 4 heteroatoms. The Bertz CT molecular complexity index is 178. The second-order valence-corrected chi connectivity index (χ2v) is 2.62. The maximum absolute atomic E-state index is 10.9. The number of ether oxygens (including phenoxy) is 2. The number of nitrogens with two attached hydrogens (primary N) is 1. The molecule has 0 atom stereocenters. The summed E-state index contributed by atoms with van der Waals surface area (Å²) in [4.78, 5) is 10.9. The SMILES string of the molecule is COCCC=C(CCOC)C(N)=O. The Kier molecular flexibility index (Phi) is 7.24. The Balaban J connectivity index is 3.92. The average Bonchev–Trinajstić information content (AvgIpc) is 2.10. The molecule has 0 bridgehead atoms. The molecule has 1 amide bonds. The molecule has 4 nitrogen and oxygen atoms in total. The number of carbonyl (C=O) groups is 1. The van der Waals surface area contributed by atoms with E-state index in [1.54, 1.807) is 20.3 Å². The molecule has 0 saturated heterocycles. The molecule has 0 aliphatic carbocycles. The van der Waals surface area contributed by atoms with Gasteiger partial charge in [-0.2, -0.15) is 0 Å². The summed E-state index contributed by atoms with van der Waals surface area (Å²) in [5.74, 6) is -0.381. The quantitative estimate of drug-likeness (QED) is 0.465. The molecule has 0 aliphatic rings. The van der Waals surface area contributed by atoms with Crippen LogP contribution in [0, 0.1) is 0 Å². The molecule has 0 heterocycles. The van der Waals surface area contributed by atoms with Crippen molar-refractivity contribution in [2.24, 2.45) is 5.73 Å². The molecule has 0 spiro atoms. The lowest BCUT2D eigenvalue weighted by molar-refractivity contribution is -0.114. The van der Waals surface area contributed by atoms with Gasteiger partial charge in [0.2, 0.25) is 5.91 Å². The topological polar surface area (TPSA) is 61.6 Å². The van der Waals surface area contributed by atoms with E-state index in [4.69, 9.17) is 15.2 Å². The minimum absolute atomic E-state index is 0.381. The van der Waals surface area contributed by atoms with Crippen molar-refractivity contribution in [1.82, 2.24) is 0 Å². The molecule has 13 heavy (non-hydrogen) atoms. The number of primary amides is 1. The number of methoxy groups -OCH3 is 2. The lowest BCUT2D eigenvalue weighted by Crippen LogP contribution is -2.15. The van der Waals surface area contributed by atoms with E-state index in [0.29, 0.717) is 31.6 Å². The Labute approximate surface area is 78.7 Å². The first-order valence-electron chi connectivity index (χ1n) is 4.19. The van der Waals surface area contributed by atoms with Gasteiger partial charge in [-0.05, 0) is 6.42 Å². The van der Waals surface area contributed by atoms with Gasteiger partial charge in [0.05, 0.1) is 6.61 Å². The van der Waals surface area contributed by atoms with E-state index in [1.165, 1.54) is 0 Å². The van der Waals surface area contributed by atoms with Crippen LogP contribution in [0.3, 0.4) is 0 Å². The Morgan fingerprint density at radius 2 is 1.92 bits per heavy atom. The van der Waals surface area contributed by atoms with E-state index in [9.17, 15) is 4.79 Å². The summed E-state index contributed by atoms with van der Waals surface area (Å²) in [6, 6.07) is 0. The van der Waals surface area contributed by atoms with E-state index in [-0.39, 0.29) is 5.91 Å². The van der Waals surface area contributed by atoms with Crippen molar-refractivity contribution < 1.29 is 14.3 Å². The van der Waals surface area contributed by atoms with Gasteiger partial charge in [0, 0.05) is 32.8 Å². The zero-order valence-corrected chi connectivity index (χ0v) is 8.21. The second kappa shape index (κ2) is 7.76. The minimum Gasteiger partial charge on any atom is -0.384 e. The first kappa shape index (κ1) is 12.1. The van der Waals surface area contributed by atoms with Crippen molar-refractivity contribution in [3.63, 3.8) is 0 Å². The van der Waals surface area contributed by atoms with E-state index in [2.05, 4.69) is 0 Å². The van der Waals surface area contributed by atoms with Crippen molar-refractivity contribution in [3.05, 3.63) is 11.6 Å². The summed E-state index contributed by atoms with van der Waals surface area (Å²) in [6.07, 6.45) is 3.07. The average molecular weight is 187 g/mol. The zero-order chi connectivity index (χ0) is 10.1. The molecular weight excluding hydrogens is 170 g/mol. The maximum atomic E-state index is 10.9. The summed E-state index contributed by atoms with van der Waals surface area (Å²) in [5, 5.41) is 0. The molecule has 0 unspecified atom stereocenters. The van der Waals surface area contributed by atoms with Gasteiger partial charge in [-0.25, -0.2) is 0 Å². The largest absolute Gasteiger partial charge is 0.384 e. The van der Waals surface area contributed by atoms with Crippen molar-refractivity contribution >= 4 is 5.91 Å². The number of amides is 1. The summed E-state index contributed by atoms with van der Waals surface area (Å²) < 4.78 is 9.70. The Morgan fingerprint density at radius 3 is 2.38 bits per heavy atom. The molecule has 76 valence electrons. The molecule has 2 N–H and O–H groups in total. The number of carbonyl (C=O) groups excluding carboxylic acids is 1. The summed E-state index contributed by atoms with van der Waals surface area (Å²) in [5.41, 5.74) is 5.77. The monoisotopic (exact) mass is 187 g/mol. The van der Waals surface area contributed by atoms with Gasteiger partial charge in [0.15, 0.2) is 0 Å². The van der Waals surface area contributed by atoms with Crippen LogP contribution in [0.25, 0.3) is 0 Å². The fourth-order valence-electron chi connectivity index (χ4n) is 0.889. The fourth-order valence-corrected chi connectivity index (χ4v) is 0.889. The second-order valence-electron chi connectivity index (χ2n) is 2.62. The van der Waals surface area contributed by atoms with Crippen LogP contribution < -0.4 is 5.73 Å². The van der Waals surface area contributed by atoms with Gasteiger partial charge in [0.25, 0.3) is 0 Å². The molecule has 0 radical (unpaired) electrons. The van der Waals surface area contributed by atoms with Crippen molar-refractivity contribution in [2.45, 2.75) is 12.8 Å². The van der Waals surface area contributed by atoms with Gasteiger partial charge in [0.1, 0.15) is 0 Å². The third kappa shape index (κ3) is 6.31. The minimum atomic E-state index is -0.381. The third-order valence-electron chi connectivity index (χ3n) is 1.60. The number of hydrogen-bond donors (Lipinski definition) is 1. The standard InChI is InChI=1S/C9H17NO3/c1-12-6-3-4-8(9(10)11)5-7-13-2/h4H,3,5-7H2,1-2H3,(H2,10,11). The number of rotatable bonds is 7. The first-order chi connectivity index (χ1) is 6.22. The molecule has 0 fully saturated rings. The predicted molar refractivity (Wildman–Crippen MR) is 50.3 cm³/mol. The van der Waals surface area contributed by atoms with Gasteiger partial charge in [-0.1, -0.05) is 6.08 Å².